The van der Waals surface area contributed by atoms with E-state index in [0.717, 1.165) is 18.4 Å². The van der Waals surface area contributed by atoms with Crippen molar-refractivity contribution in [1.29, 1.82) is 0 Å². The molecule has 0 aromatic heterocycles. The Morgan fingerprint density at radius 2 is 1.77 bits per heavy atom. The Morgan fingerprint density at radius 3 is 2.23 bits per heavy atom. The van der Waals surface area contributed by atoms with E-state index >= 15 is 0 Å². The number of hydrogen-bond acceptors (Lipinski definition) is 1. The van der Waals surface area contributed by atoms with Crippen molar-refractivity contribution in [2.75, 3.05) is 0 Å². The number of aliphatic hydroxyl groups is 1. The van der Waals surface area contributed by atoms with Crippen LogP contribution in [0.1, 0.15) is 37.8 Å². The van der Waals surface area contributed by atoms with Gasteiger partial charge in [-0.2, -0.15) is 0 Å². The molecule has 1 heteroatoms. The van der Waals surface area contributed by atoms with Crippen molar-refractivity contribution in [3.05, 3.63) is 35.4 Å². The van der Waals surface area contributed by atoms with Crippen LogP contribution in [0.5, 0.6) is 0 Å². The lowest BCUT2D eigenvalue weighted by molar-refractivity contribution is 0.0470. The first-order valence-electron chi connectivity index (χ1n) is 4.86. The molecule has 72 valence electrons. The van der Waals surface area contributed by atoms with Crippen molar-refractivity contribution < 1.29 is 5.11 Å². The van der Waals surface area contributed by atoms with E-state index in [9.17, 15) is 5.11 Å². The minimum absolute atomic E-state index is 0.664. The summed E-state index contributed by atoms with van der Waals surface area (Å²) in [6.07, 6.45) is 1.82. The Hall–Kier alpha value is -0.820. The Labute approximate surface area is 80.4 Å². The summed E-state index contributed by atoms with van der Waals surface area (Å²) in [5.41, 5.74) is 1.58. The van der Waals surface area contributed by atoms with Gasteiger partial charge in [-0.1, -0.05) is 43.2 Å². The number of hydrogen-bond donors (Lipinski definition) is 1. The highest BCUT2D eigenvalue weighted by atomic mass is 16.3. The number of rotatable bonds is 3. The Balaban J connectivity index is 2.87. The van der Waals surface area contributed by atoms with Gasteiger partial charge in [0.05, 0.1) is 5.60 Å². The summed E-state index contributed by atoms with van der Waals surface area (Å²) >= 11 is 0. The summed E-state index contributed by atoms with van der Waals surface area (Å²) in [5.74, 6) is 0. The second-order valence-corrected chi connectivity index (χ2v) is 3.89. The van der Waals surface area contributed by atoms with Gasteiger partial charge in [0.15, 0.2) is 0 Å². The van der Waals surface area contributed by atoms with Gasteiger partial charge in [-0.25, -0.2) is 0 Å². The molecule has 0 aliphatic heterocycles. The summed E-state index contributed by atoms with van der Waals surface area (Å²) in [5, 5.41) is 10.1. The molecule has 0 radical (unpaired) electrons. The van der Waals surface area contributed by atoms with E-state index in [4.69, 9.17) is 0 Å². The molecule has 1 nitrogen and oxygen atoms in total. The Bertz CT molecular complexity index is 259. The maximum absolute atomic E-state index is 10.1. The largest absolute Gasteiger partial charge is 0.385 e. The molecule has 1 rings (SSSR count). The van der Waals surface area contributed by atoms with E-state index in [1.807, 2.05) is 31.2 Å². The predicted molar refractivity (Wildman–Crippen MR) is 55.7 cm³/mol. The van der Waals surface area contributed by atoms with E-state index in [1.165, 1.54) is 5.56 Å². The summed E-state index contributed by atoms with van der Waals surface area (Å²) in [4.78, 5) is 0. The molecule has 0 aliphatic carbocycles. The molecule has 1 atom stereocenters. The van der Waals surface area contributed by atoms with E-state index < -0.39 is 5.60 Å². The van der Waals surface area contributed by atoms with Crippen LogP contribution in [0.4, 0.5) is 0 Å². The van der Waals surface area contributed by atoms with Crippen LogP contribution in [-0.2, 0) is 5.60 Å². The van der Waals surface area contributed by atoms with Gasteiger partial charge < -0.3 is 5.11 Å². The molecule has 0 aliphatic rings. The fourth-order valence-corrected chi connectivity index (χ4v) is 1.54. The Morgan fingerprint density at radius 1 is 1.23 bits per heavy atom. The minimum Gasteiger partial charge on any atom is -0.385 e. The highest BCUT2D eigenvalue weighted by Crippen LogP contribution is 2.25. The fourth-order valence-electron chi connectivity index (χ4n) is 1.54. The zero-order chi connectivity index (χ0) is 9.90. The van der Waals surface area contributed by atoms with Crippen LogP contribution in [0.2, 0.25) is 0 Å². The first-order valence-corrected chi connectivity index (χ1v) is 4.86. The zero-order valence-electron chi connectivity index (χ0n) is 8.67. The third kappa shape index (κ3) is 2.56. The molecule has 13 heavy (non-hydrogen) atoms. The van der Waals surface area contributed by atoms with Crippen LogP contribution in [-0.4, -0.2) is 5.11 Å². The number of benzene rings is 1. The van der Waals surface area contributed by atoms with Crippen LogP contribution in [0.25, 0.3) is 0 Å². The number of aryl methyl sites for hydroxylation is 1. The maximum Gasteiger partial charge on any atom is 0.0868 e. The monoisotopic (exact) mass is 178 g/mol. The van der Waals surface area contributed by atoms with Crippen molar-refractivity contribution in [2.24, 2.45) is 0 Å². The topological polar surface area (TPSA) is 20.2 Å². The predicted octanol–water partition coefficient (Wildman–Crippen LogP) is 3.00. The first-order chi connectivity index (χ1) is 6.06. The molecule has 0 spiro atoms. The van der Waals surface area contributed by atoms with Crippen molar-refractivity contribution in [3.63, 3.8) is 0 Å². The second-order valence-electron chi connectivity index (χ2n) is 3.89. The molecule has 0 fully saturated rings. The molecular weight excluding hydrogens is 160 g/mol. The summed E-state index contributed by atoms with van der Waals surface area (Å²) < 4.78 is 0. The van der Waals surface area contributed by atoms with Crippen LogP contribution in [0.3, 0.4) is 0 Å². The van der Waals surface area contributed by atoms with E-state index in [2.05, 4.69) is 13.8 Å². The molecule has 0 amide bonds. The summed E-state index contributed by atoms with van der Waals surface area (Å²) in [7, 11) is 0. The molecule has 0 unspecified atom stereocenters. The van der Waals surface area contributed by atoms with Gasteiger partial charge in [-0.3, -0.25) is 0 Å². The third-order valence-corrected chi connectivity index (χ3v) is 2.41. The smallest absolute Gasteiger partial charge is 0.0868 e. The lowest BCUT2D eigenvalue weighted by Gasteiger charge is -2.23. The molecule has 0 bridgehead atoms. The van der Waals surface area contributed by atoms with Gasteiger partial charge in [0.25, 0.3) is 0 Å². The van der Waals surface area contributed by atoms with Crippen LogP contribution in [0.15, 0.2) is 24.3 Å². The van der Waals surface area contributed by atoms with Gasteiger partial charge in [-0.05, 0) is 25.8 Å². The molecule has 0 saturated heterocycles. The Kier molecular flexibility index (Phi) is 3.10. The normalized spacial score (nSPS) is 15.4. The minimum atomic E-state index is -0.664. The van der Waals surface area contributed by atoms with E-state index in [0.29, 0.717) is 0 Å². The molecular formula is C12H18O. The zero-order valence-corrected chi connectivity index (χ0v) is 8.67. The molecule has 1 N–H and O–H groups in total. The van der Waals surface area contributed by atoms with E-state index in [1.54, 1.807) is 0 Å². The highest BCUT2D eigenvalue weighted by molar-refractivity contribution is 5.25. The third-order valence-electron chi connectivity index (χ3n) is 2.41. The van der Waals surface area contributed by atoms with Gasteiger partial charge in [0.1, 0.15) is 0 Å². The van der Waals surface area contributed by atoms with Crippen LogP contribution < -0.4 is 0 Å². The first kappa shape index (κ1) is 10.3. The summed E-state index contributed by atoms with van der Waals surface area (Å²) in [6.45, 7) is 6.02. The van der Waals surface area contributed by atoms with Crippen molar-refractivity contribution >= 4 is 0 Å². The highest BCUT2D eigenvalue weighted by Gasteiger charge is 2.20. The molecule has 1 aromatic carbocycles. The van der Waals surface area contributed by atoms with Crippen LogP contribution >= 0.6 is 0 Å². The molecule has 0 heterocycles. The molecule has 0 saturated carbocycles. The standard InChI is InChI=1S/C12H18O/c1-4-9-12(3,13)11-7-5-10(2)6-8-11/h5-8,13H,4,9H2,1-3H3/t12-/m0/s1. The lowest BCUT2D eigenvalue weighted by Crippen LogP contribution is -2.20. The lowest BCUT2D eigenvalue weighted by atomic mass is 9.91. The second kappa shape index (κ2) is 3.93. The quantitative estimate of drug-likeness (QED) is 0.754. The summed E-state index contributed by atoms with van der Waals surface area (Å²) in [6, 6.07) is 8.09. The van der Waals surface area contributed by atoms with Crippen molar-refractivity contribution in [2.45, 2.75) is 39.2 Å². The van der Waals surface area contributed by atoms with Crippen molar-refractivity contribution in [1.82, 2.24) is 0 Å². The SMILES string of the molecule is CCC[C@](C)(O)c1ccc(C)cc1. The van der Waals surface area contributed by atoms with E-state index in [-0.39, 0.29) is 0 Å². The average molecular weight is 178 g/mol. The van der Waals surface area contributed by atoms with Crippen LogP contribution in [0, 0.1) is 6.92 Å². The van der Waals surface area contributed by atoms with Gasteiger partial charge in [-0.15, -0.1) is 0 Å². The van der Waals surface area contributed by atoms with Crippen molar-refractivity contribution in [3.8, 4) is 0 Å². The van der Waals surface area contributed by atoms with Gasteiger partial charge in [0.2, 0.25) is 0 Å². The van der Waals surface area contributed by atoms with Gasteiger partial charge >= 0.3 is 0 Å². The van der Waals surface area contributed by atoms with Gasteiger partial charge in [0, 0.05) is 0 Å². The molecule has 1 aromatic rings. The average Bonchev–Trinajstić information content (AvgIpc) is 2.05. The fraction of sp³-hybridized carbons (Fsp3) is 0.500. The maximum atomic E-state index is 10.1.